The molecule has 0 spiro atoms. The standard InChI is InChI=1S/C62H70N4O.Pt/c1-34(2)45-20-19-21-46(35(3)4)54(45)66-56(64-61(17)32-41-23-37(6)38(7)24-49(41)62(61,66)18)40-26-42(58(9,10)11)28-44(27-40)67-53-31-52-50(25-39(53)8)60(15,16)51-30-43(59(12,13)14)29-47-48-22-36(5)33-63-57(48)65(52)55(47)51;/h19-26,28-30,33-35H,32H2,1-18H3;/q-2;+2/t61-,62+;/m1./s1. The van der Waals surface area contributed by atoms with Crippen LogP contribution in [-0.2, 0) is 49.3 Å². The van der Waals surface area contributed by atoms with Gasteiger partial charge in [0.15, 0.2) is 0 Å². The fourth-order valence-corrected chi connectivity index (χ4v) is 11.6. The van der Waals surface area contributed by atoms with Gasteiger partial charge in [-0.25, -0.2) is 4.98 Å². The first-order valence-electron chi connectivity index (χ1n) is 24.7. The van der Waals surface area contributed by atoms with E-state index in [0.717, 1.165) is 45.8 Å². The van der Waals surface area contributed by atoms with Gasteiger partial charge in [-0.05, 0) is 131 Å². The molecule has 0 bridgehead atoms. The minimum Gasteiger partial charge on any atom is -0.503 e. The monoisotopic (exact) mass is 1080 g/mol. The number of fused-ring (bicyclic) bond motifs is 8. The Labute approximate surface area is 421 Å². The Balaban J connectivity index is 0.00000578. The molecule has 0 fully saturated rings. The number of hydrogen-bond acceptors (Lipinski definition) is 4. The van der Waals surface area contributed by atoms with Crippen LogP contribution >= 0.6 is 0 Å². The van der Waals surface area contributed by atoms with Crippen molar-refractivity contribution < 1.29 is 25.8 Å². The molecule has 5 aromatic carbocycles. The van der Waals surface area contributed by atoms with Crippen molar-refractivity contribution in [3.05, 3.63) is 157 Å². The summed E-state index contributed by atoms with van der Waals surface area (Å²) in [4.78, 5) is 13.7. The van der Waals surface area contributed by atoms with E-state index < -0.39 is 11.1 Å². The van der Waals surface area contributed by atoms with E-state index in [4.69, 9.17) is 14.7 Å². The van der Waals surface area contributed by atoms with Gasteiger partial charge in [0.2, 0.25) is 0 Å². The predicted molar refractivity (Wildman–Crippen MR) is 281 cm³/mol. The maximum atomic E-state index is 7.21. The van der Waals surface area contributed by atoms with E-state index in [9.17, 15) is 0 Å². The smallest absolute Gasteiger partial charge is 0.503 e. The van der Waals surface area contributed by atoms with Crippen molar-refractivity contribution in [1.82, 2.24) is 9.55 Å². The minimum absolute atomic E-state index is 0. The molecule has 6 heteroatoms. The molecule has 0 saturated carbocycles. The molecular formula is C62H70N4OPt. The molecule has 3 aliphatic rings. The third-order valence-corrected chi connectivity index (χ3v) is 16.0. The summed E-state index contributed by atoms with van der Waals surface area (Å²) in [6, 6.07) is 33.5. The zero-order valence-electron chi connectivity index (χ0n) is 43.8. The van der Waals surface area contributed by atoms with Crippen molar-refractivity contribution in [2.45, 2.75) is 170 Å². The van der Waals surface area contributed by atoms with Gasteiger partial charge in [-0.2, -0.15) is 6.07 Å². The fourth-order valence-electron chi connectivity index (χ4n) is 11.6. The third-order valence-electron chi connectivity index (χ3n) is 16.0. The normalized spacial score (nSPS) is 19.4. The molecule has 354 valence electrons. The first kappa shape index (κ1) is 48.0. The van der Waals surface area contributed by atoms with Gasteiger partial charge < -0.3 is 19.2 Å². The van der Waals surface area contributed by atoms with Crippen LogP contribution in [0.5, 0.6) is 11.5 Å². The molecule has 0 saturated heterocycles. The topological polar surface area (TPSA) is 42.6 Å². The molecular weight excluding hydrogens is 1010 g/mol. The number of anilines is 1. The van der Waals surface area contributed by atoms with Crippen molar-refractivity contribution in [2.75, 3.05) is 4.90 Å². The number of aromatic nitrogens is 2. The zero-order valence-corrected chi connectivity index (χ0v) is 46.1. The van der Waals surface area contributed by atoms with Crippen LogP contribution in [-0.4, -0.2) is 20.9 Å². The van der Waals surface area contributed by atoms with Gasteiger partial charge in [0.05, 0.1) is 22.4 Å². The van der Waals surface area contributed by atoms with Gasteiger partial charge in [-0.3, -0.25) is 0 Å². The van der Waals surface area contributed by atoms with Crippen LogP contribution in [0.15, 0.2) is 77.9 Å². The summed E-state index contributed by atoms with van der Waals surface area (Å²) < 4.78 is 9.56. The van der Waals surface area contributed by atoms with Crippen LogP contribution in [0.25, 0.3) is 27.6 Å². The fraction of sp³-hybridized carbons (Fsp3) is 0.419. The third kappa shape index (κ3) is 7.01. The maximum absolute atomic E-state index is 7.21. The second-order valence-electron chi connectivity index (χ2n) is 24.0. The molecule has 0 unspecified atom stereocenters. The molecule has 0 N–H and O–H groups in total. The van der Waals surface area contributed by atoms with E-state index in [2.05, 4.69) is 213 Å². The van der Waals surface area contributed by atoms with Gasteiger partial charge in [0.1, 0.15) is 5.65 Å². The second kappa shape index (κ2) is 15.8. The van der Waals surface area contributed by atoms with Crippen LogP contribution in [0.2, 0.25) is 0 Å². The van der Waals surface area contributed by atoms with E-state index in [0.29, 0.717) is 23.3 Å². The van der Waals surface area contributed by atoms with Gasteiger partial charge in [0, 0.05) is 34.2 Å². The van der Waals surface area contributed by atoms with Gasteiger partial charge in [-0.1, -0.05) is 144 Å². The van der Waals surface area contributed by atoms with Crippen molar-refractivity contribution in [1.29, 1.82) is 0 Å². The number of nitrogens with zero attached hydrogens (tertiary/aromatic N) is 4. The molecule has 4 heterocycles. The van der Waals surface area contributed by atoms with Crippen molar-refractivity contribution in [3.63, 3.8) is 0 Å². The second-order valence-corrected chi connectivity index (χ2v) is 24.0. The Morgan fingerprint density at radius 2 is 1.31 bits per heavy atom. The average Bonchev–Trinajstić information content (AvgIpc) is 3.76. The summed E-state index contributed by atoms with van der Waals surface area (Å²) >= 11 is 0. The van der Waals surface area contributed by atoms with E-state index in [-0.39, 0.29) is 37.3 Å². The van der Waals surface area contributed by atoms with Gasteiger partial charge in [-0.15, -0.1) is 34.4 Å². The van der Waals surface area contributed by atoms with Crippen molar-refractivity contribution >= 4 is 33.5 Å². The number of aliphatic imine (C=N–C) groups is 1. The first-order chi connectivity index (χ1) is 31.2. The van der Waals surface area contributed by atoms with E-state index in [1.54, 1.807) is 0 Å². The number of benzene rings is 5. The van der Waals surface area contributed by atoms with Crippen LogP contribution in [0.4, 0.5) is 5.69 Å². The molecule has 2 aromatic heterocycles. The Hall–Kier alpha value is -4.99. The summed E-state index contributed by atoms with van der Waals surface area (Å²) in [7, 11) is 0. The van der Waals surface area contributed by atoms with Crippen molar-refractivity contribution in [3.8, 4) is 17.2 Å². The summed E-state index contributed by atoms with van der Waals surface area (Å²) in [5.74, 6) is 2.89. The molecule has 68 heavy (non-hydrogen) atoms. The first-order valence-corrected chi connectivity index (χ1v) is 24.7. The van der Waals surface area contributed by atoms with E-state index in [1.807, 2.05) is 6.20 Å². The van der Waals surface area contributed by atoms with E-state index in [1.165, 1.54) is 72.0 Å². The summed E-state index contributed by atoms with van der Waals surface area (Å²) in [5, 5.41) is 2.40. The number of hydrogen-bond donors (Lipinski definition) is 0. The molecule has 2 aliphatic heterocycles. The summed E-state index contributed by atoms with van der Waals surface area (Å²) in [6.07, 6.45) is 2.85. The molecule has 1 aliphatic carbocycles. The average molecular weight is 1080 g/mol. The summed E-state index contributed by atoms with van der Waals surface area (Å²) in [5.41, 5.74) is 19.2. The molecule has 10 rings (SSSR count). The number of amidine groups is 1. The Morgan fingerprint density at radius 3 is 1.94 bits per heavy atom. The largest absolute Gasteiger partial charge is 2.00 e. The molecule has 7 aromatic rings. The van der Waals surface area contributed by atoms with Crippen LogP contribution in [0.1, 0.15) is 181 Å². The molecule has 5 nitrogen and oxygen atoms in total. The number of rotatable bonds is 6. The van der Waals surface area contributed by atoms with Gasteiger partial charge in [0.25, 0.3) is 0 Å². The SMILES string of the molecule is Cc1cnc2c(c1)c1cc(C(C)(C)C)cc3c1n2-c1[c-]c(Oc2[c-]c(C4=N[C@]5(C)Cc6cc(C)c(C)cc6[C@]5(C)N4c4c(C(C)C)cccc4C(C)C)cc(C(C)(C)C)c2)c(C)cc1C3(C)C.[Pt+2]. The molecule has 0 radical (unpaired) electrons. The van der Waals surface area contributed by atoms with Crippen molar-refractivity contribution in [2.24, 2.45) is 4.99 Å². The summed E-state index contributed by atoms with van der Waals surface area (Å²) in [6.45, 7) is 41.4. The molecule has 0 amide bonds. The quantitative estimate of drug-likeness (QED) is 0.156. The van der Waals surface area contributed by atoms with Crippen LogP contribution < -0.4 is 9.64 Å². The van der Waals surface area contributed by atoms with Crippen LogP contribution in [0, 0.1) is 39.8 Å². The number of pyridine rings is 1. The maximum Gasteiger partial charge on any atom is 2.00 e. The Bertz CT molecular complexity index is 3250. The number of aryl methyl sites for hydroxylation is 4. The number of para-hydroxylation sites is 1. The van der Waals surface area contributed by atoms with E-state index >= 15 is 0 Å². The van der Waals surface area contributed by atoms with Gasteiger partial charge >= 0.3 is 21.1 Å². The Morgan fingerprint density at radius 1 is 0.691 bits per heavy atom. The Kier molecular flexibility index (Phi) is 11.1. The number of ether oxygens (including phenoxy) is 1. The zero-order chi connectivity index (χ0) is 48.2. The molecule has 2 atom stereocenters. The van der Waals surface area contributed by atoms with Crippen LogP contribution in [0.3, 0.4) is 0 Å². The predicted octanol–water partition coefficient (Wildman–Crippen LogP) is 15.8. The minimum atomic E-state index is -0.464.